The highest BCUT2D eigenvalue weighted by Gasteiger charge is 2.12. The van der Waals surface area contributed by atoms with Crippen molar-refractivity contribution in [3.8, 4) is 0 Å². The van der Waals surface area contributed by atoms with Gasteiger partial charge in [-0.05, 0) is 36.0 Å². The van der Waals surface area contributed by atoms with E-state index in [4.69, 9.17) is 0 Å². The van der Waals surface area contributed by atoms with Crippen molar-refractivity contribution in [1.29, 1.82) is 0 Å². The van der Waals surface area contributed by atoms with Crippen LogP contribution >= 0.6 is 0 Å². The van der Waals surface area contributed by atoms with Gasteiger partial charge in [0.1, 0.15) is 6.29 Å². The Kier molecular flexibility index (Phi) is 3.35. The summed E-state index contributed by atoms with van der Waals surface area (Å²) in [5.41, 5.74) is 3.58. The second-order valence-corrected chi connectivity index (χ2v) is 4.19. The van der Waals surface area contributed by atoms with Gasteiger partial charge in [-0.15, -0.1) is 0 Å². The van der Waals surface area contributed by atoms with Gasteiger partial charge in [-0.25, -0.2) is 0 Å². The molecule has 0 aliphatic heterocycles. The fourth-order valence-corrected chi connectivity index (χ4v) is 2.00. The minimum absolute atomic E-state index is 0.0526. The first kappa shape index (κ1) is 10.9. The van der Waals surface area contributed by atoms with Crippen molar-refractivity contribution >= 4 is 6.29 Å². The van der Waals surface area contributed by atoms with Crippen LogP contribution < -0.4 is 0 Å². The fourth-order valence-electron chi connectivity index (χ4n) is 2.00. The van der Waals surface area contributed by atoms with E-state index in [2.05, 4.69) is 30.9 Å². The third kappa shape index (κ3) is 2.30. The van der Waals surface area contributed by atoms with Crippen molar-refractivity contribution in [2.45, 2.75) is 19.3 Å². The van der Waals surface area contributed by atoms with Crippen LogP contribution in [0, 0.1) is 5.92 Å². The van der Waals surface area contributed by atoms with Gasteiger partial charge in [0.25, 0.3) is 0 Å². The molecule has 82 valence electrons. The van der Waals surface area contributed by atoms with Crippen molar-refractivity contribution in [3.63, 3.8) is 0 Å². The lowest BCUT2D eigenvalue weighted by Crippen LogP contribution is -2.03. The molecule has 0 saturated heterocycles. The van der Waals surface area contributed by atoms with E-state index in [9.17, 15) is 4.79 Å². The Balaban J connectivity index is 2.09. The van der Waals surface area contributed by atoms with Gasteiger partial charge in [-0.2, -0.15) is 0 Å². The summed E-state index contributed by atoms with van der Waals surface area (Å²) in [5, 5.41) is 0. The smallest absolute Gasteiger partial charge is 0.127 e. The Hall–Kier alpha value is -1.63. The molecule has 0 amide bonds. The van der Waals surface area contributed by atoms with Crippen LogP contribution in [-0.4, -0.2) is 6.29 Å². The van der Waals surface area contributed by atoms with Crippen LogP contribution in [0.15, 0.2) is 59.8 Å². The van der Waals surface area contributed by atoms with Crippen LogP contribution in [0.1, 0.15) is 19.3 Å². The summed E-state index contributed by atoms with van der Waals surface area (Å²) in [6.45, 7) is 4.14. The lowest BCUT2D eigenvalue weighted by Gasteiger charge is -2.16. The van der Waals surface area contributed by atoms with E-state index in [1.165, 1.54) is 11.1 Å². The number of rotatable bonds is 3. The van der Waals surface area contributed by atoms with Gasteiger partial charge < -0.3 is 4.79 Å². The van der Waals surface area contributed by atoms with E-state index < -0.39 is 0 Å². The van der Waals surface area contributed by atoms with Gasteiger partial charge in [0, 0.05) is 5.92 Å². The molecule has 16 heavy (non-hydrogen) atoms. The van der Waals surface area contributed by atoms with Gasteiger partial charge in [0.05, 0.1) is 0 Å². The predicted octanol–water partition coefficient (Wildman–Crippen LogP) is 3.52. The van der Waals surface area contributed by atoms with E-state index in [0.29, 0.717) is 0 Å². The second kappa shape index (κ2) is 4.93. The summed E-state index contributed by atoms with van der Waals surface area (Å²) in [7, 11) is 0. The van der Waals surface area contributed by atoms with Crippen LogP contribution in [0.2, 0.25) is 0 Å². The second-order valence-electron chi connectivity index (χ2n) is 4.19. The maximum Gasteiger partial charge on any atom is 0.127 e. The zero-order valence-electron chi connectivity index (χ0n) is 9.36. The highest BCUT2D eigenvalue weighted by Crippen LogP contribution is 2.28. The Bertz CT molecular complexity index is 419. The number of allylic oxidation sites excluding steroid dienone is 9. The van der Waals surface area contributed by atoms with Gasteiger partial charge in [0.2, 0.25) is 0 Å². The minimum Gasteiger partial charge on any atom is -0.303 e. The van der Waals surface area contributed by atoms with Crippen molar-refractivity contribution in [2.75, 3.05) is 0 Å². The largest absolute Gasteiger partial charge is 0.303 e. The topological polar surface area (TPSA) is 17.1 Å². The Morgan fingerprint density at radius 3 is 2.94 bits per heavy atom. The van der Waals surface area contributed by atoms with Crippen LogP contribution in [-0.2, 0) is 4.79 Å². The van der Waals surface area contributed by atoms with Crippen molar-refractivity contribution in [1.82, 2.24) is 0 Å². The molecule has 0 fully saturated rings. The van der Waals surface area contributed by atoms with Gasteiger partial charge >= 0.3 is 0 Å². The molecule has 0 aromatic rings. The normalized spacial score (nSPS) is 23.6. The number of hydrogen-bond donors (Lipinski definition) is 0. The molecule has 0 N–H and O–H groups in total. The molecule has 0 spiro atoms. The molecule has 2 aliphatic rings. The summed E-state index contributed by atoms with van der Waals surface area (Å²) >= 11 is 0. The summed E-state index contributed by atoms with van der Waals surface area (Å²) in [6.07, 6.45) is 16.4. The number of carbonyl (C=O) groups is 1. The molecule has 1 nitrogen and oxygen atoms in total. The first-order valence-electron chi connectivity index (χ1n) is 5.70. The summed E-state index contributed by atoms with van der Waals surface area (Å²) in [5.74, 6) is 0.0526. The van der Waals surface area contributed by atoms with Crippen LogP contribution in [0.3, 0.4) is 0 Å². The van der Waals surface area contributed by atoms with Crippen molar-refractivity contribution < 1.29 is 4.79 Å². The quantitative estimate of drug-likeness (QED) is 0.654. The molecule has 0 heterocycles. The van der Waals surface area contributed by atoms with E-state index in [1.807, 2.05) is 12.2 Å². The number of aldehydes is 1. The SMILES string of the molecule is C=C(C1=CCC(C=O)C=C1)C1=CC=CCC1. The van der Waals surface area contributed by atoms with Crippen LogP contribution in [0.5, 0.6) is 0 Å². The summed E-state index contributed by atoms with van der Waals surface area (Å²) < 4.78 is 0. The summed E-state index contributed by atoms with van der Waals surface area (Å²) in [6, 6.07) is 0. The van der Waals surface area contributed by atoms with E-state index in [-0.39, 0.29) is 5.92 Å². The highest BCUT2D eigenvalue weighted by molar-refractivity contribution is 5.61. The molecule has 0 aromatic carbocycles. The molecule has 1 unspecified atom stereocenters. The Labute approximate surface area is 96.6 Å². The highest BCUT2D eigenvalue weighted by atomic mass is 16.1. The third-order valence-corrected chi connectivity index (χ3v) is 3.06. The zero-order chi connectivity index (χ0) is 11.4. The lowest BCUT2D eigenvalue weighted by atomic mass is 9.88. The summed E-state index contributed by atoms with van der Waals surface area (Å²) in [4.78, 5) is 10.6. The Morgan fingerprint density at radius 1 is 1.50 bits per heavy atom. The number of hydrogen-bond acceptors (Lipinski definition) is 1. The van der Waals surface area contributed by atoms with Crippen LogP contribution in [0.25, 0.3) is 0 Å². The maximum absolute atomic E-state index is 10.6. The fraction of sp³-hybridized carbons (Fsp3) is 0.267. The average Bonchev–Trinajstić information content (AvgIpc) is 2.39. The Morgan fingerprint density at radius 2 is 2.38 bits per heavy atom. The lowest BCUT2D eigenvalue weighted by molar-refractivity contribution is -0.109. The molecule has 0 bridgehead atoms. The molecule has 0 saturated carbocycles. The predicted molar refractivity (Wildman–Crippen MR) is 67.0 cm³/mol. The molecule has 1 heteroatoms. The van der Waals surface area contributed by atoms with Gasteiger partial charge in [0.15, 0.2) is 0 Å². The van der Waals surface area contributed by atoms with Crippen molar-refractivity contribution in [2.24, 2.45) is 5.92 Å². The molecular weight excluding hydrogens is 196 g/mol. The molecular formula is C15H16O. The van der Waals surface area contributed by atoms with Crippen molar-refractivity contribution in [3.05, 3.63) is 59.8 Å². The molecule has 0 radical (unpaired) electrons. The zero-order valence-corrected chi connectivity index (χ0v) is 9.36. The molecule has 2 aliphatic carbocycles. The van der Waals surface area contributed by atoms with E-state index >= 15 is 0 Å². The average molecular weight is 212 g/mol. The first-order valence-corrected chi connectivity index (χ1v) is 5.70. The molecule has 1 atom stereocenters. The first-order chi connectivity index (χ1) is 7.81. The molecule has 2 rings (SSSR count). The van der Waals surface area contributed by atoms with Crippen LogP contribution in [0.4, 0.5) is 0 Å². The van der Waals surface area contributed by atoms with E-state index in [0.717, 1.165) is 31.1 Å². The minimum atomic E-state index is 0.0526. The van der Waals surface area contributed by atoms with Gasteiger partial charge in [-0.1, -0.05) is 43.0 Å². The monoisotopic (exact) mass is 212 g/mol. The third-order valence-electron chi connectivity index (χ3n) is 3.06. The van der Waals surface area contributed by atoms with Gasteiger partial charge in [-0.3, -0.25) is 0 Å². The number of carbonyl (C=O) groups excluding carboxylic acids is 1. The maximum atomic E-state index is 10.6. The molecule has 0 aromatic heterocycles. The van der Waals surface area contributed by atoms with E-state index in [1.54, 1.807) is 0 Å². The standard InChI is InChI=1S/C15H16O/c1-12(14-5-3-2-4-6-14)15-9-7-13(11-16)8-10-15/h2-3,5,7,9-11,13H,1,4,6,8H2.